The highest BCUT2D eigenvalue weighted by atomic mass is 15.2. The lowest BCUT2D eigenvalue weighted by Crippen LogP contribution is -2.56. The van der Waals surface area contributed by atoms with Crippen molar-refractivity contribution >= 4 is 0 Å². The van der Waals surface area contributed by atoms with Gasteiger partial charge in [0, 0.05) is 18.1 Å². The molecular formula is C16H32N2. The highest BCUT2D eigenvalue weighted by molar-refractivity contribution is 4.95. The molecule has 0 heterocycles. The van der Waals surface area contributed by atoms with Crippen LogP contribution in [0.4, 0.5) is 0 Å². The van der Waals surface area contributed by atoms with Crippen LogP contribution in [0.15, 0.2) is 0 Å². The molecule has 0 amide bonds. The van der Waals surface area contributed by atoms with E-state index in [1.54, 1.807) is 0 Å². The second kappa shape index (κ2) is 5.50. The summed E-state index contributed by atoms with van der Waals surface area (Å²) in [4.78, 5) is 2.70. The van der Waals surface area contributed by atoms with Gasteiger partial charge in [0.1, 0.15) is 0 Å². The third-order valence-electron chi connectivity index (χ3n) is 5.59. The van der Waals surface area contributed by atoms with Gasteiger partial charge in [-0.15, -0.1) is 0 Å². The van der Waals surface area contributed by atoms with E-state index in [9.17, 15) is 0 Å². The molecule has 0 radical (unpaired) electrons. The molecule has 3 atom stereocenters. The van der Waals surface area contributed by atoms with Gasteiger partial charge in [0.2, 0.25) is 0 Å². The highest BCUT2D eigenvalue weighted by Crippen LogP contribution is 2.40. The molecule has 2 nitrogen and oxygen atoms in total. The Hall–Kier alpha value is -0.0800. The van der Waals surface area contributed by atoms with Crippen molar-refractivity contribution in [1.29, 1.82) is 0 Å². The van der Waals surface area contributed by atoms with Gasteiger partial charge in [-0.05, 0) is 57.5 Å². The van der Waals surface area contributed by atoms with Crippen molar-refractivity contribution < 1.29 is 0 Å². The van der Waals surface area contributed by atoms with E-state index in [1.807, 2.05) is 0 Å². The van der Waals surface area contributed by atoms with Gasteiger partial charge in [-0.2, -0.15) is 0 Å². The van der Waals surface area contributed by atoms with Crippen LogP contribution >= 0.6 is 0 Å². The second-order valence-corrected chi connectivity index (χ2v) is 7.59. The van der Waals surface area contributed by atoms with Gasteiger partial charge in [-0.1, -0.05) is 27.2 Å². The fourth-order valence-electron chi connectivity index (χ4n) is 3.78. The summed E-state index contributed by atoms with van der Waals surface area (Å²) in [5, 5.41) is 3.57. The van der Waals surface area contributed by atoms with Crippen molar-refractivity contribution in [3.8, 4) is 0 Å². The normalized spacial score (nSPS) is 34.7. The Bertz CT molecular complexity index is 265. The van der Waals surface area contributed by atoms with E-state index < -0.39 is 0 Å². The lowest BCUT2D eigenvalue weighted by molar-refractivity contribution is 0.0290. The molecule has 2 aliphatic carbocycles. The Labute approximate surface area is 114 Å². The lowest BCUT2D eigenvalue weighted by atomic mass is 9.69. The predicted molar refractivity (Wildman–Crippen MR) is 78.8 cm³/mol. The minimum Gasteiger partial charge on any atom is -0.315 e. The molecule has 2 aliphatic rings. The van der Waals surface area contributed by atoms with Gasteiger partial charge in [-0.3, -0.25) is 4.90 Å². The van der Waals surface area contributed by atoms with Gasteiger partial charge in [0.05, 0.1) is 0 Å². The Morgan fingerprint density at radius 3 is 2.17 bits per heavy atom. The van der Waals surface area contributed by atoms with Gasteiger partial charge in [0.25, 0.3) is 0 Å². The quantitative estimate of drug-likeness (QED) is 0.829. The van der Waals surface area contributed by atoms with E-state index in [-0.39, 0.29) is 0 Å². The Balaban J connectivity index is 2.02. The summed E-state index contributed by atoms with van der Waals surface area (Å²) in [7, 11) is 4.51. The van der Waals surface area contributed by atoms with Crippen molar-refractivity contribution in [2.24, 2.45) is 11.3 Å². The summed E-state index contributed by atoms with van der Waals surface area (Å²) < 4.78 is 0. The van der Waals surface area contributed by atoms with Crippen LogP contribution in [0.2, 0.25) is 0 Å². The van der Waals surface area contributed by atoms with E-state index in [4.69, 9.17) is 0 Å². The maximum atomic E-state index is 3.57. The molecule has 2 rings (SSSR count). The van der Waals surface area contributed by atoms with Crippen LogP contribution in [-0.2, 0) is 0 Å². The molecule has 18 heavy (non-hydrogen) atoms. The fraction of sp³-hybridized carbons (Fsp3) is 1.00. The number of nitrogens with one attached hydrogen (secondary N) is 1. The van der Waals surface area contributed by atoms with Crippen molar-refractivity contribution in [3.05, 3.63) is 0 Å². The van der Waals surface area contributed by atoms with Crippen LogP contribution < -0.4 is 5.32 Å². The number of hydrogen-bond donors (Lipinski definition) is 1. The average molecular weight is 252 g/mol. The zero-order valence-corrected chi connectivity index (χ0v) is 13.0. The summed E-state index contributed by atoms with van der Waals surface area (Å²) in [6, 6.07) is 2.32. The van der Waals surface area contributed by atoms with E-state index >= 15 is 0 Å². The summed E-state index contributed by atoms with van der Waals surface area (Å²) in [6.07, 6.45) is 8.40. The Morgan fingerprint density at radius 1 is 1.06 bits per heavy atom. The number of likely N-dealkylation sites (N-methyl/N-ethyl adjacent to an activating group) is 2. The van der Waals surface area contributed by atoms with Gasteiger partial charge >= 0.3 is 0 Å². The molecule has 0 aliphatic heterocycles. The maximum Gasteiger partial charge on any atom is 0.0251 e. The molecule has 0 aromatic carbocycles. The standard InChI is InChI=1S/C16H32N2/c1-16(2,3)12-9-10-14(17-4)15(11-12)18(5)13-7-6-8-13/h12-15,17H,6-11H2,1-5H3. The van der Waals surface area contributed by atoms with E-state index in [1.165, 1.54) is 38.5 Å². The summed E-state index contributed by atoms with van der Waals surface area (Å²) in [5.41, 5.74) is 0.470. The van der Waals surface area contributed by atoms with Crippen LogP contribution in [0.3, 0.4) is 0 Å². The molecule has 0 aromatic rings. The molecule has 0 aromatic heterocycles. The van der Waals surface area contributed by atoms with E-state index in [2.05, 4.69) is 45.1 Å². The summed E-state index contributed by atoms with van der Waals surface area (Å²) in [6.45, 7) is 7.24. The summed E-state index contributed by atoms with van der Waals surface area (Å²) in [5.74, 6) is 0.884. The minimum atomic E-state index is 0.470. The molecule has 0 spiro atoms. The van der Waals surface area contributed by atoms with E-state index in [0.29, 0.717) is 11.5 Å². The largest absolute Gasteiger partial charge is 0.315 e. The zero-order chi connectivity index (χ0) is 13.3. The third-order valence-corrected chi connectivity index (χ3v) is 5.59. The monoisotopic (exact) mass is 252 g/mol. The molecule has 0 bridgehead atoms. The number of rotatable bonds is 3. The number of hydrogen-bond acceptors (Lipinski definition) is 2. The first-order chi connectivity index (χ1) is 8.43. The molecule has 2 heteroatoms. The van der Waals surface area contributed by atoms with Crippen LogP contribution in [0, 0.1) is 11.3 Å². The van der Waals surface area contributed by atoms with Crippen LogP contribution in [0.25, 0.3) is 0 Å². The lowest BCUT2D eigenvalue weighted by Gasteiger charge is -2.49. The fourth-order valence-corrected chi connectivity index (χ4v) is 3.78. The van der Waals surface area contributed by atoms with Crippen LogP contribution in [-0.4, -0.2) is 37.1 Å². The predicted octanol–water partition coefficient (Wildman–Crippen LogP) is 3.27. The topological polar surface area (TPSA) is 15.3 Å². The SMILES string of the molecule is CNC1CCC(C(C)(C)C)CC1N(C)C1CCC1. The van der Waals surface area contributed by atoms with Crippen LogP contribution in [0.5, 0.6) is 0 Å². The highest BCUT2D eigenvalue weighted by Gasteiger charge is 2.39. The van der Waals surface area contributed by atoms with Crippen molar-refractivity contribution in [3.63, 3.8) is 0 Å². The van der Waals surface area contributed by atoms with Crippen LogP contribution in [0.1, 0.15) is 59.3 Å². The molecule has 1 N–H and O–H groups in total. The molecule has 3 unspecified atom stereocenters. The minimum absolute atomic E-state index is 0.470. The van der Waals surface area contributed by atoms with Crippen molar-refractivity contribution in [1.82, 2.24) is 10.2 Å². The molecular weight excluding hydrogens is 220 g/mol. The number of nitrogens with zero attached hydrogens (tertiary/aromatic N) is 1. The smallest absolute Gasteiger partial charge is 0.0251 e. The third kappa shape index (κ3) is 2.91. The Kier molecular flexibility index (Phi) is 4.38. The van der Waals surface area contributed by atoms with Gasteiger partial charge < -0.3 is 5.32 Å². The molecule has 2 saturated carbocycles. The Morgan fingerprint density at radius 2 is 1.72 bits per heavy atom. The molecule has 0 saturated heterocycles. The van der Waals surface area contributed by atoms with Crippen molar-refractivity contribution in [2.45, 2.75) is 77.4 Å². The molecule has 2 fully saturated rings. The zero-order valence-electron chi connectivity index (χ0n) is 13.0. The second-order valence-electron chi connectivity index (χ2n) is 7.59. The van der Waals surface area contributed by atoms with Gasteiger partial charge in [0.15, 0.2) is 0 Å². The summed E-state index contributed by atoms with van der Waals surface area (Å²) >= 11 is 0. The average Bonchev–Trinajstić information content (AvgIpc) is 2.24. The first-order valence-corrected chi connectivity index (χ1v) is 7.82. The first kappa shape index (κ1) is 14.3. The van der Waals surface area contributed by atoms with Crippen molar-refractivity contribution in [2.75, 3.05) is 14.1 Å². The first-order valence-electron chi connectivity index (χ1n) is 7.82. The van der Waals surface area contributed by atoms with E-state index in [0.717, 1.165) is 18.0 Å². The molecule has 106 valence electrons. The maximum absolute atomic E-state index is 3.57. The van der Waals surface area contributed by atoms with Gasteiger partial charge in [-0.25, -0.2) is 0 Å².